The molecule has 0 bridgehead atoms. The number of hydrogen-bond acceptors (Lipinski definition) is 2. The predicted molar refractivity (Wildman–Crippen MR) is 78.6 cm³/mol. The molecule has 0 atom stereocenters. The number of unbranched alkanes of at least 4 members (excludes halogenated alkanes) is 5. The van der Waals surface area contributed by atoms with Crippen LogP contribution in [0.25, 0.3) is 0 Å². The Kier molecular flexibility index (Phi) is 8.36. The summed E-state index contributed by atoms with van der Waals surface area (Å²) in [6.07, 6.45) is 11.2. The Bertz CT molecular complexity index is 362. The van der Waals surface area contributed by atoms with Gasteiger partial charge >= 0.3 is 0 Å². The molecule has 1 aromatic rings. The van der Waals surface area contributed by atoms with Crippen LogP contribution in [-0.2, 0) is 11.3 Å². The van der Waals surface area contributed by atoms with Gasteiger partial charge in [0.15, 0.2) is 0 Å². The van der Waals surface area contributed by atoms with Gasteiger partial charge in [0, 0.05) is 12.6 Å². The Morgan fingerprint density at radius 1 is 1.21 bits per heavy atom. The van der Waals surface area contributed by atoms with Gasteiger partial charge in [0.25, 0.3) is 0 Å². The molecule has 1 rings (SSSR count). The van der Waals surface area contributed by atoms with Crippen LogP contribution >= 0.6 is 0 Å². The molecule has 0 spiro atoms. The number of nitrogens with one attached hydrogen (secondary N) is 1. The first-order valence-corrected chi connectivity index (χ1v) is 7.10. The van der Waals surface area contributed by atoms with E-state index in [4.69, 9.17) is 0 Å². The van der Waals surface area contributed by atoms with Crippen LogP contribution in [0.4, 0.5) is 0 Å². The SMILES string of the molecule is C=CCCCCCCCC(=O)NCc1ccccn1. The average Bonchev–Trinajstić information content (AvgIpc) is 2.45. The second-order valence-corrected chi connectivity index (χ2v) is 4.69. The summed E-state index contributed by atoms with van der Waals surface area (Å²) in [5, 5.41) is 2.90. The second-order valence-electron chi connectivity index (χ2n) is 4.69. The highest BCUT2D eigenvalue weighted by atomic mass is 16.1. The summed E-state index contributed by atoms with van der Waals surface area (Å²) in [7, 11) is 0. The first-order chi connectivity index (χ1) is 9.33. The maximum Gasteiger partial charge on any atom is 0.220 e. The van der Waals surface area contributed by atoms with E-state index in [2.05, 4.69) is 16.9 Å². The van der Waals surface area contributed by atoms with Crippen molar-refractivity contribution in [2.24, 2.45) is 0 Å². The molecule has 0 radical (unpaired) electrons. The number of carbonyl (C=O) groups excluding carboxylic acids is 1. The van der Waals surface area contributed by atoms with E-state index in [-0.39, 0.29) is 5.91 Å². The van der Waals surface area contributed by atoms with E-state index in [1.54, 1.807) is 6.20 Å². The van der Waals surface area contributed by atoms with Gasteiger partial charge in [-0.15, -0.1) is 6.58 Å². The third-order valence-corrected chi connectivity index (χ3v) is 3.00. The standard InChI is InChI=1S/C16H24N2O/c1-2-3-4-5-6-7-8-12-16(19)18-14-15-11-9-10-13-17-15/h2,9-11,13H,1,3-8,12,14H2,(H,18,19). The molecule has 3 nitrogen and oxygen atoms in total. The number of rotatable bonds is 10. The van der Waals surface area contributed by atoms with Gasteiger partial charge in [0.05, 0.1) is 12.2 Å². The first-order valence-electron chi connectivity index (χ1n) is 7.10. The van der Waals surface area contributed by atoms with Crippen LogP contribution in [0.5, 0.6) is 0 Å². The van der Waals surface area contributed by atoms with Crippen LogP contribution in [0.1, 0.15) is 50.6 Å². The van der Waals surface area contributed by atoms with E-state index >= 15 is 0 Å². The maximum atomic E-state index is 11.6. The predicted octanol–water partition coefficient (Wildman–Crippen LogP) is 3.61. The molecule has 19 heavy (non-hydrogen) atoms. The zero-order chi connectivity index (χ0) is 13.8. The van der Waals surface area contributed by atoms with E-state index in [0.717, 1.165) is 25.0 Å². The minimum Gasteiger partial charge on any atom is -0.350 e. The minimum absolute atomic E-state index is 0.122. The van der Waals surface area contributed by atoms with E-state index in [1.165, 1.54) is 19.3 Å². The monoisotopic (exact) mass is 260 g/mol. The van der Waals surface area contributed by atoms with E-state index in [1.807, 2.05) is 24.3 Å². The molecule has 1 amide bonds. The van der Waals surface area contributed by atoms with Crippen LogP contribution in [0.3, 0.4) is 0 Å². The molecule has 0 unspecified atom stereocenters. The van der Waals surface area contributed by atoms with Gasteiger partial charge in [0.1, 0.15) is 0 Å². The molecule has 0 aliphatic rings. The Morgan fingerprint density at radius 2 is 2.00 bits per heavy atom. The van der Waals surface area contributed by atoms with Crippen molar-refractivity contribution in [1.82, 2.24) is 10.3 Å². The summed E-state index contributed by atoms with van der Waals surface area (Å²) in [5.74, 6) is 0.122. The lowest BCUT2D eigenvalue weighted by molar-refractivity contribution is -0.121. The summed E-state index contributed by atoms with van der Waals surface area (Å²) in [4.78, 5) is 15.8. The third-order valence-electron chi connectivity index (χ3n) is 3.00. The number of amides is 1. The van der Waals surface area contributed by atoms with E-state index in [9.17, 15) is 4.79 Å². The molecular weight excluding hydrogens is 236 g/mol. The van der Waals surface area contributed by atoms with Crippen molar-refractivity contribution in [2.75, 3.05) is 0 Å². The molecule has 0 aliphatic carbocycles. The van der Waals surface area contributed by atoms with Crippen LogP contribution in [0, 0.1) is 0 Å². The second kappa shape index (κ2) is 10.3. The van der Waals surface area contributed by atoms with Gasteiger partial charge in [-0.05, 0) is 31.4 Å². The van der Waals surface area contributed by atoms with Crippen molar-refractivity contribution in [3.63, 3.8) is 0 Å². The lowest BCUT2D eigenvalue weighted by Crippen LogP contribution is -2.22. The Hall–Kier alpha value is -1.64. The molecule has 104 valence electrons. The summed E-state index contributed by atoms with van der Waals surface area (Å²) in [5.41, 5.74) is 0.903. The topological polar surface area (TPSA) is 42.0 Å². The fraction of sp³-hybridized carbons (Fsp3) is 0.500. The number of aromatic nitrogens is 1. The summed E-state index contributed by atoms with van der Waals surface area (Å²) in [6.45, 7) is 4.23. The fourth-order valence-corrected chi connectivity index (χ4v) is 1.88. The molecule has 1 N–H and O–H groups in total. The van der Waals surface area contributed by atoms with Crippen LogP contribution in [-0.4, -0.2) is 10.9 Å². The molecule has 0 fully saturated rings. The number of nitrogens with zero attached hydrogens (tertiary/aromatic N) is 1. The minimum atomic E-state index is 0.122. The third kappa shape index (κ3) is 8.14. The van der Waals surface area contributed by atoms with E-state index < -0.39 is 0 Å². The Morgan fingerprint density at radius 3 is 2.74 bits per heavy atom. The smallest absolute Gasteiger partial charge is 0.220 e. The molecule has 3 heteroatoms. The van der Waals surface area contributed by atoms with Gasteiger partial charge in [-0.25, -0.2) is 0 Å². The molecule has 1 heterocycles. The fourth-order valence-electron chi connectivity index (χ4n) is 1.88. The number of allylic oxidation sites excluding steroid dienone is 1. The zero-order valence-electron chi connectivity index (χ0n) is 11.6. The highest BCUT2D eigenvalue weighted by Crippen LogP contribution is 2.07. The highest BCUT2D eigenvalue weighted by molar-refractivity contribution is 5.75. The molecule has 0 saturated heterocycles. The highest BCUT2D eigenvalue weighted by Gasteiger charge is 2.01. The average molecular weight is 260 g/mol. The van der Waals surface area contributed by atoms with Crippen molar-refractivity contribution < 1.29 is 4.79 Å². The van der Waals surface area contributed by atoms with Crippen molar-refractivity contribution in [3.8, 4) is 0 Å². The van der Waals surface area contributed by atoms with Crippen molar-refractivity contribution in [1.29, 1.82) is 0 Å². The molecule has 1 aromatic heterocycles. The molecule has 0 aromatic carbocycles. The Balaban J connectivity index is 1.98. The van der Waals surface area contributed by atoms with E-state index in [0.29, 0.717) is 13.0 Å². The summed E-state index contributed by atoms with van der Waals surface area (Å²) >= 11 is 0. The van der Waals surface area contributed by atoms with Crippen LogP contribution in [0.15, 0.2) is 37.1 Å². The zero-order valence-corrected chi connectivity index (χ0v) is 11.6. The number of hydrogen-bond donors (Lipinski definition) is 1. The molecule has 0 saturated carbocycles. The van der Waals surface area contributed by atoms with Crippen LogP contribution in [0.2, 0.25) is 0 Å². The largest absolute Gasteiger partial charge is 0.350 e. The molecule has 0 aliphatic heterocycles. The van der Waals surface area contributed by atoms with Crippen molar-refractivity contribution >= 4 is 5.91 Å². The molecular formula is C16H24N2O. The quantitative estimate of drug-likeness (QED) is 0.516. The van der Waals surface area contributed by atoms with Crippen molar-refractivity contribution in [3.05, 3.63) is 42.7 Å². The number of pyridine rings is 1. The van der Waals surface area contributed by atoms with Gasteiger partial charge in [0.2, 0.25) is 5.91 Å². The van der Waals surface area contributed by atoms with Gasteiger partial charge in [-0.3, -0.25) is 9.78 Å². The first kappa shape index (κ1) is 15.4. The van der Waals surface area contributed by atoms with Gasteiger partial charge in [-0.2, -0.15) is 0 Å². The lowest BCUT2D eigenvalue weighted by Gasteiger charge is -2.04. The van der Waals surface area contributed by atoms with Crippen LogP contribution < -0.4 is 5.32 Å². The van der Waals surface area contributed by atoms with Gasteiger partial charge < -0.3 is 5.32 Å². The summed E-state index contributed by atoms with van der Waals surface area (Å²) < 4.78 is 0. The normalized spacial score (nSPS) is 10.1. The summed E-state index contributed by atoms with van der Waals surface area (Å²) in [6, 6.07) is 5.72. The van der Waals surface area contributed by atoms with Crippen molar-refractivity contribution in [2.45, 2.75) is 51.5 Å². The lowest BCUT2D eigenvalue weighted by atomic mass is 10.1. The maximum absolute atomic E-state index is 11.6. The Labute approximate surface area is 116 Å². The van der Waals surface area contributed by atoms with Gasteiger partial charge in [-0.1, -0.05) is 31.4 Å². The number of carbonyl (C=O) groups is 1.